The molecule has 0 amide bonds. The van der Waals surface area contributed by atoms with E-state index in [1.807, 2.05) is 6.07 Å². The lowest BCUT2D eigenvalue weighted by atomic mass is 10.3. The van der Waals surface area contributed by atoms with E-state index in [1.165, 1.54) is 12.4 Å². The summed E-state index contributed by atoms with van der Waals surface area (Å²) in [5.41, 5.74) is 0.454. The first-order valence-electron chi connectivity index (χ1n) is 4.72. The van der Waals surface area contributed by atoms with E-state index in [4.69, 9.17) is 16.3 Å². The highest BCUT2D eigenvalue weighted by molar-refractivity contribution is 9.10. The number of benzene rings is 1. The number of ether oxygens (including phenoxy) is 1. The Labute approximate surface area is 112 Å². The minimum atomic E-state index is 0.454. The van der Waals surface area contributed by atoms with Gasteiger partial charge in [-0.2, -0.15) is 0 Å². The summed E-state index contributed by atoms with van der Waals surface area (Å²) in [7, 11) is 0. The molecule has 0 spiro atoms. The third-order valence-corrected chi connectivity index (χ3v) is 2.78. The number of rotatable bonds is 3. The zero-order chi connectivity index (χ0) is 12.3. The predicted molar refractivity (Wildman–Crippen MR) is 68.9 cm³/mol. The summed E-state index contributed by atoms with van der Waals surface area (Å²) in [6.07, 6.45) is 3.69. The molecule has 2 aromatic rings. The van der Waals surface area contributed by atoms with E-state index in [1.54, 1.807) is 18.2 Å². The highest BCUT2D eigenvalue weighted by Crippen LogP contribution is 2.31. The molecule has 0 aliphatic carbocycles. The second-order valence-corrected chi connectivity index (χ2v) is 4.57. The molecule has 0 saturated heterocycles. The molecule has 17 heavy (non-hydrogen) atoms. The number of aldehydes is 1. The van der Waals surface area contributed by atoms with E-state index in [2.05, 4.69) is 20.9 Å². The van der Waals surface area contributed by atoms with Gasteiger partial charge >= 0.3 is 0 Å². The Morgan fingerprint density at radius 1 is 1.29 bits per heavy atom. The third kappa shape index (κ3) is 3.05. The Hall–Kier alpha value is -1.39. The van der Waals surface area contributed by atoms with Crippen LogP contribution in [0.1, 0.15) is 10.4 Å². The summed E-state index contributed by atoms with van der Waals surface area (Å²) in [4.78, 5) is 14.5. The molecule has 2 rings (SSSR count). The van der Waals surface area contributed by atoms with Crippen LogP contribution < -0.4 is 4.74 Å². The van der Waals surface area contributed by atoms with Gasteiger partial charge in [0.2, 0.25) is 0 Å². The Kier molecular flexibility index (Phi) is 3.76. The fourth-order valence-electron chi connectivity index (χ4n) is 1.24. The van der Waals surface area contributed by atoms with Gasteiger partial charge in [-0.25, -0.2) is 0 Å². The van der Waals surface area contributed by atoms with Crippen molar-refractivity contribution >= 4 is 33.8 Å². The van der Waals surface area contributed by atoms with Crippen molar-refractivity contribution in [3.63, 3.8) is 0 Å². The molecule has 0 atom stereocenters. The van der Waals surface area contributed by atoms with Crippen molar-refractivity contribution in [1.29, 1.82) is 0 Å². The van der Waals surface area contributed by atoms with Crippen molar-refractivity contribution in [2.45, 2.75) is 0 Å². The van der Waals surface area contributed by atoms with Gasteiger partial charge in [0.1, 0.15) is 11.5 Å². The number of pyridine rings is 1. The molecule has 0 aliphatic heterocycles. The van der Waals surface area contributed by atoms with Crippen molar-refractivity contribution in [3.05, 3.63) is 51.7 Å². The molecule has 0 fully saturated rings. The summed E-state index contributed by atoms with van der Waals surface area (Å²) < 4.78 is 6.40. The largest absolute Gasteiger partial charge is 0.454 e. The lowest BCUT2D eigenvalue weighted by Crippen LogP contribution is -1.89. The average Bonchev–Trinajstić information content (AvgIpc) is 2.33. The SMILES string of the molecule is O=Cc1cncc(Oc2ccc(Br)cc2Cl)c1. The normalized spacial score (nSPS) is 10.0. The molecule has 86 valence electrons. The van der Waals surface area contributed by atoms with E-state index in [0.29, 0.717) is 28.4 Å². The number of carbonyl (C=O) groups excluding carboxylic acids is 1. The topological polar surface area (TPSA) is 39.2 Å². The van der Waals surface area contributed by atoms with Crippen LogP contribution in [0, 0.1) is 0 Å². The van der Waals surface area contributed by atoms with E-state index in [0.717, 1.165) is 4.47 Å². The number of aromatic nitrogens is 1. The van der Waals surface area contributed by atoms with Crippen molar-refractivity contribution in [2.24, 2.45) is 0 Å². The third-order valence-electron chi connectivity index (χ3n) is 1.99. The molecule has 5 heteroatoms. The predicted octanol–water partition coefficient (Wildman–Crippen LogP) is 4.10. The van der Waals surface area contributed by atoms with Crippen LogP contribution in [-0.2, 0) is 0 Å². The summed E-state index contributed by atoms with van der Waals surface area (Å²) in [6, 6.07) is 6.88. The molecule has 1 aromatic heterocycles. The minimum absolute atomic E-state index is 0.454. The van der Waals surface area contributed by atoms with Crippen LogP contribution in [0.25, 0.3) is 0 Å². The van der Waals surface area contributed by atoms with Gasteiger partial charge < -0.3 is 4.74 Å². The van der Waals surface area contributed by atoms with Crippen molar-refractivity contribution in [3.8, 4) is 11.5 Å². The zero-order valence-electron chi connectivity index (χ0n) is 8.56. The average molecular weight is 313 g/mol. The maximum Gasteiger partial charge on any atom is 0.151 e. The van der Waals surface area contributed by atoms with E-state index in [-0.39, 0.29) is 0 Å². The van der Waals surface area contributed by atoms with E-state index in [9.17, 15) is 4.79 Å². The van der Waals surface area contributed by atoms with Crippen LogP contribution in [-0.4, -0.2) is 11.3 Å². The fraction of sp³-hybridized carbons (Fsp3) is 0. The van der Waals surface area contributed by atoms with Crippen LogP contribution in [0.15, 0.2) is 41.1 Å². The van der Waals surface area contributed by atoms with Gasteiger partial charge in [-0.1, -0.05) is 27.5 Å². The highest BCUT2D eigenvalue weighted by Gasteiger charge is 2.04. The number of nitrogens with zero attached hydrogens (tertiary/aromatic N) is 1. The smallest absolute Gasteiger partial charge is 0.151 e. The number of halogens is 2. The van der Waals surface area contributed by atoms with E-state index >= 15 is 0 Å². The van der Waals surface area contributed by atoms with Crippen LogP contribution in [0.2, 0.25) is 5.02 Å². The minimum Gasteiger partial charge on any atom is -0.454 e. The molecule has 0 aliphatic rings. The summed E-state index contributed by atoms with van der Waals surface area (Å²) in [6.45, 7) is 0. The molecule has 1 aromatic carbocycles. The lowest BCUT2D eigenvalue weighted by molar-refractivity contribution is 0.112. The molecule has 0 bridgehead atoms. The van der Waals surface area contributed by atoms with Gasteiger partial charge in [0.15, 0.2) is 6.29 Å². The summed E-state index contributed by atoms with van der Waals surface area (Å²) in [5, 5.41) is 0.482. The molecule has 0 saturated carbocycles. The maximum absolute atomic E-state index is 10.6. The van der Waals surface area contributed by atoms with Crippen molar-refractivity contribution in [1.82, 2.24) is 4.98 Å². The standard InChI is InChI=1S/C12H7BrClNO2/c13-9-1-2-12(11(14)4-9)17-10-3-8(7-16)5-15-6-10/h1-7H. The van der Waals surface area contributed by atoms with Gasteiger partial charge in [-0.3, -0.25) is 9.78 Å². The van der Waals surface area contributed by atoms with E-state index < -0.39 is 0 Å². The molecule has 0 N–H and O–H groups in total. The molecular formula is C12H7BrClNO2. The Morgan fingerprint density at radius 3 is 2.82 bits per heavy atom. The monoisotopic (exact) mass is 311 g/mol. The van der Waals surface area contributed by atoms with Gasteiger partial charge in [-0.15, -0.1) is 0 Å². The zero-order valence-corrected chi connectivity index (χ0v) is 10.9. The fourth-order valence-corrected chi connectivity index (χ4v) is 1.95. The molecule has 0 radical (unpaired) electrons. The summed E-state index contributed by atoms with van der Waals surface area (Å²) >= 11 is 9.31. The Morgan fingerprint density at radius 2 is 2.12 bits per heavy atom. The first-order valence-corrected chi connectivity index (χ1v) is 5.89. The molecule has 1 heterocycles. The van der Waals surface area contributed by atoms with Gasteiger partial charge in [0.05, 0.1) is 11.2 Å². The maximum atomic E-state index is 10.6. The molecule has 3 nitrogen and oxygen atoms in total. The molecular weight excluding hydrogens is 305 g/mol. The number of hydrogen-bond acceptors (Lipinski definition) is 3. The second kappa shape index (κ2) is 5.29. The van der Waals surface area contributed by atoms with Crippen molar-refractivity contribution in [2.75, 3.05) is 0 Å². The van der Waals surface area contributed by atoms with Gasteiger partial charge in [-0.05, 0) is 24.3 Å². The number of hydrogen-bond donors (Lipinski definition) is 0. The van der Waals surface area contributed by atoms with Crippen molar-refractivity contribution < 1.29 is 9.53 Å². The van der Waals surface area contributed by atoms with Crippen LogP contribution in [0.3, 0.4) is 0 Å². The van der Waals surface area contributed by atoms with Gasteiger partial charge in [0.25, 0.3) is 0 Å². The second-order valence-electron chi connectivity index (χ2n) is 3.25. The summed E-state index contributed by atoms with van der Waals surface area (Å²) in [5.74, 6) is 0.985. The molecule has 0 unspecified atom stereocenters. The Bertz CT molecular complexity index is 560. The van der Waals surface area contributed by atoms with Gasteiger partial charge in [0, 0.05) is 16.2 Å². The first kappa shape index (κ1) is 12.1. The first-order chi connectivity index (χ1) is 8.19. The van der Waals surface area contributed by atoms with Crippen LogP contribution in [0.5, 0.6) is 11.5 Å². The quantitative estimate of drug-likeness (QED) is 0.801. The Balaban J connectivity index is 2.27. The number of carbonyl (C=O) groups is 1. The van der Waals surface area contributed by atoms with Crippen LogP contribution >= 0.6 is 27.5 Å². The van der Waals surface area contributed by atoms with Crippen LogP contribution in [0.4, 0.5) is 0 Å². The highest BCUT2D eigenvalue weighted by atomic mass is 79.9. The lowest BCUT2D eigenvalue weighted by Gasteiger charge is -2.07.